The zero-order valence-electron chi connectivity index (χ0n) is 10.7. The standard InChI is InChI=1S/C14H15N5/c1-2-19(10-11-5-3-4-6-12(11)16)14-13(9-15)17-7-8-18-14/h3-8H,2,10,16H2,1H3. The van der Waals surface area contributed by atoms with Gasteiger partial charge in [-0.3, -0.25) is 0 Å². The minimum atomic E-state index is 0.332. The number of anilines is 2. The highest BCUT2D eigenvalue weighted by atomic mass is 15.2. The van der Waals surface area contributed by atoms with Crippen LogP contribution >= 0.6 is 0 Å². The van der Waals surface area contributed by atoms with E-state index in [-0.39, 0.29) is 0 Å². The maximum Gasteiger partial charge on any atom is 0.183 e. The minimum Gasteiger partial charge on any atom is -0.398 e. The Balaban J connectivity index is 2.31. The van der Waals surface area contributed by atoms with Crippen molar-refractivity contribution in [1.82, 2.24) is 9.97 Å². The molecule has 0 unspecified atom stereocenters. The summed E-state index contributed by atoms with van der Waals surface area (Å²) in [4.78, 5) is 10.3. The van der Waals surface area contributed by atoms with E-state index in [9.17, 15) is 0 Å². The lowest BCUT2D eigenvalue weighted by Gasteiger charge is -2.23. The molecule has 2 N–H and O–H groups in total. The van der Waals surface area contributed by atoms with Crippen molar-refractivity contribution >= 4 is 11.5 Å². The average molecular weight is 253 g/mol. The van der Waals surface area contributed by atoms with Crippen molar-refractivity contribution in [3.63, 3.8) is 0 Å². The average Bonchev–Trinajstić information content (AvgIpc) is 2.46. The van der Waals surface area contributed by atoms with Crippen LogP contribution in [0.15, 0.2) is 36.7 Å². The summed E-state index contributed by atoms with van der Waals surface area (Å²) in [5.74, 6) is 0.593. The molecular weight excluding hydrogens is 238 g/mol. The molecule has 0 bridgehead atoms. The fraction of sp³-hybridized carbons (Fsp3) is 0.214. The summed E-state index contributed by atoms with van der Waals surface area (Å²) < 4.78 is 0. The zero-order chi connectivity index (χ0) is 13.7. The number of rotatable bonds is 4. The fourth-order valence-corrected chi connectivity index (χ4v) is 1.86. The molecule has 0 amide bonds. The predicted molar refractivity (Wildman–Crippen MR) is 74.3 cm³/mol. The number of para-hydroxylation sites is 1. The van der Waals surface area contributed by atoms with Gasteiger partial charge in [0, 0.05) is 31.2 Å². The number of nitrogen functional groups attached to an aromatic ring is 1. The summed E-state index contributed by atoms with van der Waals surface area (Å²) in [6.07, 6.45) is 3.11. The van der Waals surface area contributed by atoms with Crippen molar-refractivity contribution in [2.75, 3.05) is 17.2 Å². The first-order chi connectivity index (χ1) is 9.26. The number of benzene rings is 1. The van der Waals surface area contributed by atoms with E-state index in [4.69, 9.17) is 11.0 Å². The molecule has 0 saturated carbocycles. The molecule has 96 valence electrons. The van der Waals surface area contributed by atoms with Crippen LogP contribution in [0.5, 0.6) is 0 Å². The Morgan fingerprint density at radius 2 is 2.00 bits per heavy atom. The lowest BCUT2D eigenvalue weighted by molar-refractivity contribution is 0.807. The van der Waals surface area contributed by atoms with Crippen molar-refractivity contribution < 1.29 is 0 Å². The van der Waals surface area contributed by atoms with Crippen LogP contribution < -0.4 is 10.6 Å². The number of hydrogen-bond donors (Lipinski definition) is 1. The molecule has 0 aliphatic heterocycles. The normalized spacial score (nSPS) is 9.89. The summed E-state index contributed by atoms with van der Waals surface area (Å²) in [5.41, 5.74) is 8.03. The maximum absolute atomic E-state index is 9.08. The molecule has 5 nitrogen and oxygen atoms in total. The Morgan fingerprint density at radius 1 is 1.26 bits per heavy atom. The van der Waals surface area contributed by atoms with E-state index >= 15 is 0 Å². The van der Waals surface area contributed by atoms with Crippen LogP contribution in [0.4, 0.5) is 11.5 Å². The van der Waals surface area contributed by atoms with Crippen molar-refractivity contribution in [1.29, 1.82) is 5.26 Å². The van der Waals surface area contributed by atoms with Gasteiger partial charge in [0.1, 0.15) is 6.07 Å². The van der Waals surface area contributed by atoms with E-state index in [1.807, 2.05) is 36.1 Å². The number of aromatic nitrogens is 2. The van der Waals surface area contributed by atoms with Gasteiger partial charge < -0.3 is 10.6 Å². The zero-order valence-corrected chi connectivity index (χ0v) is 10.7. The van der Waals surface area contributed by atoms with E-state index in [0.717, 1.165) is 17.8 Å². The van der Waals surface area contributed by atoms with Crippen molar-refractivity contribution in [3.8, 4) is 6.07 Å². The molecule has 1 heterocycles. The number of nitrogens with two attached hydrogens (primary N) is 1. The molecule has 2 rings (SSSR count). The largest absolute Gasteiger partial charge is 0.398 e. The Bertz CT molecular complexity index is 603. The van der Waals surface area contributed by atoms with Crippen LogP contribution in [-0.2, 0) is 6.54 Å². The molecule has 5 heteroatoms. The molecular formula is C14H15N5. The summed E-state index contributed by atoms with van der Waals surface area (Å²) in [5, 5.41) is 9.08. The number of nitriles is 1. The molecule has 0 aliphatic carbocycles. The van der Waals surface area contributed by atoms with E-state index in [1.54, 1.807) is 6.20 Å². The second-order valence-electron chi connectivity index (χ2n) is 4.05. The minimum absolute atomic E-state index is 0.332. The molecule has 0 atom stereocenters. The van der Waals surface area contributed by atoms with Crippen LogP contribution in [-0.4, -0.2) is 16.5 Å². The van der Waals surface area contributed by atoms with Crippen molar-refractivity contribution in [2.24, 2.45) is 0 Å². The highest BCUT2D eigenvalue weighted by Gasteiger charge is 2.13. The smallest absolute Gasteiger partial charge is 0.183 e. The molecule has 1 aromatic carbocycles. The molecule has 1 aromatic heterocycles. The van der Waals surface area contributed by atoms with Gasteiger partial charge in [0.2, 0.25) is 0 Å². The van der Waals surface area contributed by atoms with Gasteiger partial charge in [0.25, 0.3) is 0 Å². The van der Waals surface area contributed by atoms with Crippen LogP contribution in [0, 0.1) is 11.3 Å². The molecule has 2 aromatic rings. The van der Waals surface area contributed by atoms with E-state index in [2.05, 4.69) is 16.0 Å². The highest BCUT2D eigenvalue weighted by molar-refractivity contribution is 5.53. The first-order valence-corrected chi connectivity index (χ1v) is 6.05. The molecule has 19 heavy (non-hydrogen) atoms. The van der Waals surface area contributed by atoms with Gasteiger partial charge in [0.05, 0.1) is 0 Å². The quantitative estimate of drug-likeness (QED) is 0.842. The van der Waals surface area contributed by atoms with Gasteiger partial charge in [0.15, 0.2) is 11.5 Å². The van der Waals surface area contributed by atoms with Gasteiger partial charge in [-0.25, -0.2) is 9.97 Å². The summed E-state index contributed by atoms with van der Waals surface area (Å²) in [6.45, 7) is 3.34. The maximum atomic E-state index is 9.08. The summed E-state index contributed by atoms with van der Waals surface area (Å²) in [7, 11) is 0. The van der Waals surface area contributed by atoms with Gasteiger partial charge in [-0.1, -0.05) is 18.2 Å². The molecule has 0 radical (unpaired) electrons. The van der Waals surface area contributed by atoms with Crippen molar-refractivity contribution in [3.05, 3.63) is 47.9 Å². The third-order valence-electron chi connectivity index (χ3n) is 2.88. The summed E-state index contributed by atoms with van der Waals surface area (Å²) in [6, 6.07) is 9.75. The monoisotopic (exact) mass is 253 g/mol. The molecule has 0 spiro atoms. The van der Waals surface area contributed by atoms with E-state index < -0.39 is 0 Å². The first kappa shape index (κ1) is 12.8. The van der Waals surface area contributed by atoms with Gasteiger partial charge in [-0.15, -0.1) is 0 Å². The molecule has 0 fully saturated rings. The second kappa shape index (κ2) is 5.83. The first-order valence-electron chi connectivity index (χ1n) is 6.05. The second-order valence-corrected chi connectivity index (χ2v) is 4.05. The van der Waals surface area contributed by atoms with Crippen LogP contribution in [0.3, 0.4) is 0 Å². The summed E-state index contributed by atoms with van der Waals surface area (Å²) >= 11 is 0. The third kappa shape index (κ3) is 2.80. The SMILES string of the molecule is CCN(Cc1ccccc1N)c1nccnc1C#N. The van der Waals surface area contributed by atoms with Crippen LogP contribution in [0.1, 0.15) is 18.2 Å². The Morgan fingerprint density at radius 3 is 2.68 bits per heavy atom. The van der Waals surface area contributed by atoms with E-state index in [0.29, 0.717) is 18.1 Å². The Labute approximate surface area is 112 Å². The molecule has 0 saturated heterocycles. The van der Waals surface area contributed by atoms with E-state index in [1.165, 1.54) is 6.20 Å². The van der Waals surface area contributed by atoms with Crippen LogP contribution in [0.25, 0.3) is 0 Å². The van der Waals surface area contributed by atoms with Gasteiger partial charge in [-0.2, -0.15) is 5.26 Å². The Hall–Kier alpha value is -2.61. The number of hydrogen-bond acceptors (Lipinski definition) is 5. The van der Waals surface area contributed by atoms with Crippen LogP contribution in [0.2, 0.25) is 0 Å². The third-order valence-corrected chi connectivity index (χ3v) is 2.88. The predicted octanol–water partition coefficient (Wildman–Crippen LogP) is 1.96. The number of nitrogens with zero attached hydrogens (tertiary/aromatic N) is 4. The molecule has 0 aliphatic rings. The lowest BCUT2D eigenvalue weighted by Crippen LogP contribution is -2.25. The van der Waals surface area contributed by atoms with Gasteiger partial charge >= 0.3 is 0 Å². The highest BCUT2D eigenvalue weighted by Crippen LogP contribution is 2.19. The topological polar surface area (TPSA) is 78.8 Å². The lowest BCUT2D eigenvalue weighted by atomic mass is 10.1. The fourth-order valence-electron chi connectivity index (χ4n) is 1.86. The Kier molecular flexibility index (Phi) is 3.94. The van der Waals surface area contributed by atoms with Crippen molar-refractivity contribution in [2.45, 2.75) is 13.5 Å². The van der Waals surface area contributed by atoms with Gasteiger partial charge in [-0.05, 0) is 18.6 Å².